The molecule has 0 radical (unpaired) electrons. The summed E-state index contributed by atoms with van der Waals surface area (Å²) in [4.78, 5) is 30.5. The van der Waals surface area contributed by atoms with Crippen LogP contribution in [0, 0.1) is 6.92 Å². The first-order valence-electron chi connectivity index (χ1n) is 10.4. The second kappa shape index (κ2) is 8.55. The number of halogens is 1. The minimum Gasteiger partial charge on any atom is -0.465 e. The van der Waals surface area contributed by atoms with Gasteiger partial charge in [0.05, 0.1) is 34.6 Å². The van der Waals surface area contributed by atoms with E-state index in [9.17, 15) is 9.59 Å². The van der Waals surface area contributed by atoms with E-state index in [1.165, 1.54) is 18.4 Å². The second-order valence-electron chi connectivity index (χ2n) is 7.78. The molecule has 0 spiro atoms. The van der Waals surface area contributed by atoms with E-state index in [-0.39, 0.29) is 5.91 Å². The number of nitrogens with one attached hydrogen (secondary N) is 1. The Morgan fingerprint density at radius 2 is 1.91 bits per heavy atom. The molecule has 0 fully saturated rings. The Morgan fingerprint density at radius 3 is 2.65 bits per heavy atom. The lowest BCUT2D eigenvalue weighted by molar-refractivity contribution is 0.0606. The summed E-state index contributed by atoms with van der Waals surface area (Å²) in [5, 5.41) is 9.20. The van der Waals surface area contributed by atoms with Crippen LogP contribution in [0.3, 0.4) is 0 Å². The van der Waals surface area contributed by atoms with Crippen LogP contribution in [0.1, 0.15) is 25.7 Å². The SMILES string of the molecule is COC(=O)c1sc2cc(NC(=O)c3cc(-c4cn(C)nc4C)nc4ccccc34)ccc2c1Cl. The largest absolute Gasteiger partial charge is 0.465 e. The topological polar surface area (TPSA) is 86.1 Å². The summed E-state index contributed by atoms with van der Waals surface area (Å²) in [6, 6.07) is 14.7. The van der Waals surface area contributed by atoms with E-state index in [0.29, 0.717) is 26.8 Å². The van der Waals surface area contributed by atoms with Gasteiger partial charge in [-0.2, -0.15) is 5.10 Å². The van der Waals surface area contributed by atoms with Crippen molar-refractivity contribution in [2.75, 3.05) is 12.4 Å². The first kappa shape index (κ1) is 22.1. The van der Waals surface area contributed by atoms with Crippen molar-refractivity contribution >= 4 is 61.5 Å². The van der Waals surface area contributed by atoms with Crippen molar-refractivity contribution in [1.82, 2.24) is 14.8 Å². The number of hydrogen-bond acceptors (Lipinski definition) is 6. The van der Waals surface area contributed by atoms with Gasteiger partial charge < -0.3 is 10.1 Å². The molecule has 0 aliphatic rings. The van der Waals surface area contributed by atoms with E-state index in [0.717, 1.165) is 32.2 Å². The number of aromatic nitrogens is 3. The molecule has 0 aliphatic heterocycles. The fraction of sp³-hybridized carbons (Fsp3) is 0.120. The van der Waals surface area contributed by atoms with Gasteiger partial charge in [-0.15, -0.1) is 11.3 Å². The molecule has 5 aromatic rings. The van der Waals surface area contributed by atoms with Crippen LogP contribution in [-0.2, 0) is 11.8 Å². The van der Waals surface area contributed by atoms with E-state index < -0.39 is 5.97 Å². The minimum atomic E-state index is -0.488. The van der Waals surface area contributed by atoms with Crippen molar-refractivity contribution in [3.8, 4) is 11.3 Å². The molecule has 0 atom stereocenters. The zero-order chi connectivity index (χ0) is 24.0. The molecule has 34 heavy (non-hydrogen) atoms. The van der Waals surface area contributed by atoms with Crippen LogP contribution in [0.5, 0.6) is 0 Å². The number of rotatable bonds is 4. The predicted octanol–water partition coefficient (Wildman–Crippen LogP) is 5.85. The van der Waals surface area contributed by atoms with Gasteiger partial charge in [0.25, 0.3) is 5.91 Å². The Morgan fingerprint density at radius 1 is 1.12 bits per heavy atom. The number of nitrogens with zero attached hydrogens (tertiary/aromatic N) is 3. The average molecular weight is 491 g/mol. The Labute approximate surface area is 203 Å². The molecule has 2 aromatic carbocycles. The fourth-order valence-electron chi connectivity index (χ4n) is 3.92. The van der Waals surface area contributed by atoms with Gasteiger partial charge in [-0.3, -0.25) is 9.48 Å². The number of hydrogen-bond donors (Lipinski definition) is 1. The number of pyridine rings is 1. The van der Waals surface area contributed by atoms with Gasteiger partial charge >= 0.3 is 5.97 Å². The number of carbonyl (C=O) groups is 2. The number of aryl methyl sites for hydroxylation is 2. The van der Waals surface area contributed by atoms with Crippen LogP contribution >= 0.6 is 22.9 Å². The Kier molecular flexibility index (Phi) is 5.55. The molecular formula is C25H19ClN4O3S. The van der Waals surface area contributed by atoms with Gasteiger partial charge in [0.15, 0.2) is 0 Å². The maximum atomic E-state index is 13.4. The molecule has 1 N–H and O–H groups in total. The lowest BCUT2D eigenvalue weighted by Crippen LogP contribution is -2.13. The summed E-state index contributed by atoms with van der Waals surface area (Å²) < 4.78 is 7.30. The fourth-order valence-corrected chi connectivity index (χ4v) is 5.38. The second-order valence-corrected chi connectivity index (χ2v) is 9.21. The Balaban J connectivity index is 1.55. The number of benzene rings is 2. The minimum absolute atomic E-state index is 0.267. The number of fused-ring (bicyclic) bond motifs is 2. The smallest absolute Gasteiger partial charge is 0.349 e. The van der Waals surface area contributed by atoms with Crippen LogP contribution in [0.25, 0.3) is 32.2 Å². The summed E-state index contributed by atoms with van der Waals surface area (Å²) in [5.41, 5.74) is 4.19. The normalized spacial score (nSPS) is 11.2. The molecule has 9 heteroatoms. The van der Waals surface area contributed by atoms with Crippen molar-refractivity contribution in [2.45, 2.75) is 6.92 Å². The van der Waals surface area contributed by atoms with Gasteiger partial charge in [0.1, 0.15) is 4.88 Å². The molecule has 5 rings (SSSR count). The third kappa shape index (κ3) is 3.81. The zero-order valence-electron chi connectivity index (χ0n) is 18.5. The molecule has 0 bridgehead atoms. The first-order valence-corrected chi connectivity index (χ1v) is 11.6. The van der Waals surface area contributed by atoms with Crippen LogP contribution < -0.4 is 5.32 Å². The van der Waals surface area contributed by atoms with Gasteiger partial charge in [-0.1, -0.05) is 29.8 Å². The summed E-state index contributed by atoms with van der Waals surface area (Å²) in [6.45, 7) is 1.91. The van der Waals surface area contributed by atoms with Crippen molar-refractivity contribution in [3.05, 3.63) is 75.9 Å². The van der Waals surface area contributed by atoms with Crippen LogP contribution in [-0.4, -0.2) is 33.8 Å². The molecule has 0 saturated carbocycles. The molecule has 170 valence electrons. The molecule has 0 saturated heterocycles. The molecular weight excluding hydrogens is 472 g/mol. The number of carbonyl (C=O) groups excluding carboxylic acids is 2. The average Bonchev–Trinajstić information content (AvgIpc) is 3.35. The summed E-state index contributed by atoms with van der Waals surface area (Å²) in [6.07, 6.45) is 1.89. The summed E-state index contributed by atoms with van der Waals surface area (Å²) in [5.74, 6) is -0.755. The van der Waals surface area contributed by atoms with Gasteiger partial charge in [0, 0.05) is 40.0 Å². The highest BCUT2D eigenvalue weighted by atomic mass is 35.5. The number of thiophene rings is 1. The van der Waals surface area contributed by atoms with Crippen molar-refractivity contribution in [2.24, 2.45) is 7.05 Å². The maximum absolute atomic E-state index is 13.4. The van der Waals surface area contributed by atoms with Gasteiger partial charge in [-0.25, -0.2) is 9.78 Å². The predicted molar refractivity (Wildman–Crippen MR) is 135 cm³/mol. The number of methoxy groups -OCH3 is 1. The number of amides is 1. The third-order valence-corrected chi connectivity index (χ3v) is 7.15. The highest BCUT2D eigenvalue weighted by molar-refractivity contribution is 7.21. The van der Waals surface area contributed by atoms with Crippen LogP contribution in [0.4, 0.5) is 5.69 Å². The zero-order valence-corrected chi connectivity index (χ0v) is 20.1. The van der Waals surface area contributed by atoms with E-state index in [1.54, 1.807) is 28.9 Å². The lowest BCUT2D eigenvalue weighted by Gasteiger charge is -2.10. The molecule has 7 nitrogen and oxygen atoms in total. The number of esters is 1. The first-order chi connectivity index (χ1) is 16.4. The highest BCUT2D eigenvalue weighted by Gasteiger charge is 2.19. The number of para-hydroxylation sites is 1. The van der Waals surface area contributed by atoms with Crippen molar-refractivity contribution in [3.63, 3.8) is 0 Å². The third-order valence-electron chi connectivity index (χ3n) is 5.51. The number of ether oxygens (including phenoxy) is 1. The molecule has 1 amide bonds. The van der Waals surface area contributed by atoms with E-state index in [2.05, 4.69) is 10.4 Å². The Bertz CT molecular complexity index is 1610. The molecule has 3 aromatic heterocycles. The van der Waals surface area contributed by atoms with Crippen LogP contribution in [0.15, 0.2) is 54.7 Å². The monoisotopic (exact) mass is 490 g/mol. The molecule has 0 unspecified atom stereocenters. The number of anilines is 1. The maximum Gasteiger partial charge on any atom is 0.349 e. The summed E-state index contributed by atoms with van der Waals surface area (Å²) >= 11 is 7.57. The van der Waals surface area contributed by atoms with E-state index in [1.807, 2.05) is 44.4 Å². The van der Waals surface area contributed by atoms with Crippen LogP contribution in [0.2, 0.25) is 5.02 Å². The lowest BCUT2D eigenvalue weighted by atomic mass is 10.0. The standard InChI is InChI=1S/C25H19ClN4O3S/c1-13-18(12-30(2)29-13)20-11-17(15-6-4-5-7-19(15)28-20)24(31)27-14-8-9-16-21(10-14)34-23(22(16)26)25(32)33-3/h4-12H,1-3H3,(H,27,31). The van der Waals surface area contributed by atoms with Crippen molar-refractivity contribution in [1.29, 1.82) is 0 Å². The Hall–Kier alpha value is -3.75. The van der Waals surface area contributed by atoms with Gasteiger partial charge in [-0.05, 0) is 37.3 Å². The molecule has 0 aliphatic carbocycles. The van der Waals surface area contributed by atoms with Gasteiger partial charge in [0.2, 0.25) is 0 Å². The summed E-state index contributed by atoms with van der Waals surface area (Å²) in [7, 11) is 3.17. The van der Waals surface area contributed by atoms with E-state index >= 15 is 0 Å². The van der Waals surface area contributed by atoms with E-state index in [4.69, 9.17) is 21.3 Å². The quantitative estimate of drug-likeness (QED) is 0.319. The molecule has 3 heterocycles. The highest BCUT2D eigenvalue weighted by Crippen LogP contribution is 2.37. The van der Waals surface area contributed by atoms with Crippen molar-refractivity contribution < 1.29 is 14.3 Å².